The Morgan fingerprint density at radius 2 is 1.84 bits per heavy atom. The molecule has 0 aliphatic carbocycles. The smallest absolute Gasteiger partial charge is 0.229 e. The van der Waals surface area contributed by atoms with E-state index in [-0.39, 0.29) is 24.4 Å². The molecule has 0 spiro atoms. The van der Waals surface area contributed by atoms with E-state index in [0.717, 1.165) is 6.20 Å². The van der Waals surface area contributed by atoms with E-state index in [4.69, 9.17) is 5.11 Å². The Kier molecular flexibility index (Phi) is 7.36. The standard InChI is InChI=1S/C19H21F4N7O/c1-11(10-31)24-2-3-30-9-13(6-27-30)28-19-26-8-17(23)18(29-19)25-7-14-15(21)4-12(20)5-16(14)22/h4-6,8-9,11,24,31H,2-3,7,10H2,1H3,(H2,25,26,28,29)/t11-/m1/s1. The van der Waals surface area contributed by atoms with Crippen LogP contribution in [-0.4, -0.2) is 44.0 Å². The van der Waals surface area contributed by atoms with Gasteiger partial charge in [0.2, 0.25) is 5.95 Å². The van der Waals surface area contributed by atoms with Crippen LogP contribution in [0.5, 0.6) is 0 Å². The first-order chi connectivity index (χ1) is 14.9. The van der Waals surface area contributed by atoms with Gasteiger partial charge in [-0.15, -0.1) is 0 Å². The van der Waals surface area contributed by atoms with E-state index in [1.54, 1.807) is 10.9 Å². The predicted molar refractivity (Wildman–Crippen MR) is 106 cm³/mol. The summed E-state index contributed by atoms with van der Waals surface area (Å²) in [7, 11) is 0. The second-order valence-corrected chi connectivity index (χ2v) is 6.75. The van der Waals surface area contributed by atoms with Gasteiger partial charge in [0, 0.05) is 43.0 Å². The lowest BCUT2D eigenvalue weighted by Crippen LogP contribution is -2.32. The van der Waals surface area contributed by atoms with Gasteiger partial charge in [-0.05, 0) is 6.92 Å². The van der Waals surface area contributed by atoms with E-state index in [0.29, 0.717) is 30.9 Å². The third-order valence-corrected chi connectivity index (χ3v) is 4.28. The number of aliphatic hydroxyl groups is 1. The van der Waals surface area contributed by atoms with Crippen LogP contribution in [0.25, 0.3) is 0 Å². The molecule has 0 radical (unpaired) electrons. The molecule has 0 saturated heterocycles. The molecular weight excluding hydrogens is 418 g/mol. The summed E-state index contributed by atoms with van der Waals surface area (Å²) < 4.78 is 56.2. The molecule has 0 amide bonds. The van der Waals surface area contributed by atoms with Crippen molar-refractivity contribution < 1.29 is 22.7 Å². The highest BCUT2D eigenvalue weighted by Gasteiger charge is 2.14. The summed E-state index contributed by atoms with van der Waals surface area (Å²) in [6.45, 7) is 2.60. The van der Waals surface area contributed by atoms with Crippen molar-refractivity contribution in [1.29, 1.82) is 0 Å². The minimum atomic E-state index is -1.09. The molecule has 4 N–H and O–H groups in total. The Morgan fingerprint density at radius 1 is 1.10 bits per heavy atom. The van der Waals surface area contributed by atoms with Crippen molar-refractivity contribution in [3.8, 4) is 0 Å². The second-order valence-electron chi connectivity index (χ2n) is 6.75. The van der Waals surface area contributed by atoms with E-state index in [9.17, 15) is 17.6 Å². The van der Waals surface area contributed by atoms with Crippen LogP contribution in [0.2, 0.25) is 0 Å². The normalized spacial score (nSPS) is 12.1. The Labute approximate surface area is 175 Å². The summed E-state index contributed by atoms with van der Waals surface area (Å²) in [6.07, 6.45) is 4.12. The Hall–Kier alpha value is -3.25. The maximum Gasteiger partial charge on any atom is 0.229 e. The molecule has 0 fully saturated rings. The lowest BCUT2D eigenvalue weighted by Gasteiger charge is -2.10. The molecule has 2 aromatic heterocycles. The average molecular weight is 439 g/mol. The number of rotatable bonds is 10. The minimum absolute atomic E-state index is 0.0245. The molecular formula is C19H21F4N7O. The van der Waals surface area contributed by atoms with E-state index in [1.165, 1.54) is 6.20 Å². The van der Waals surface area contributed by atoms with Crippen LogP contribution in [0, 0.1) is 23.3 Å². The zero-order valence-corrected chi connectivity index (χ0v) is 16.5. The van der Waals surface area contributed by atoms with Crippen molar-refractivity contribution in [2.45, 2.75) is 26.1 Å². The molecule has 1 aromatic carbocycles. The number of anilines is 3. The van der Waals surface area contributed by atoms with Gasteiger partial charge >= 0.3 is 0 Å². The molecule has 0 aliphatic rings. The molecule has 3 aromatic rings. The first-order valence-electron chi connectivity index (χ1n) is 9.39. The monoisotopic (exact) mass is 439 g/mol. The summed E-state index contributed by atoms with van der Waals surface area (Å²) in [5, 5.41) is 21.6. The third-order valence-electron chi connectivity index (χ3n) is 4.28. The Morgan fingerprint density at radius 3 is 2.55 bits per heavy atom. The topological polar surface area (TPSA) is 99.9 Å². The van der Waals surface area contributed by atoms with E-state index in [2.05, 4.69) is 31.0 Å². The largest absolute Gasteiger partial charge is 0.395 e. The van der Waals surface area contributed by atoms with Gasteiger partial charge in [-0.1, -0.05) is 0 Å². The van der Waals surface area contributed by atoms with Crippen LogP contribution in [-0.2, 0) is 13.1 Å². The molecule has 0 aliphatic heterocycles. The van der Waals surface area contributed by atoms with Gasteiger partial charge in [-0.2, -0.15) is 10.1 Å². The first-order valence-corrected chi connectivity index (χ1v) is 9.39. The van der Waals surface area contributed by atoms with Gasteiger partial charge in [-0.25, -0.2) is 22.5 Å². The molecule has 2 heterocycles. The van der Waals surface area contributed by atoms with Gasteiger partial charge < -0.3 is 21.1 Å². The van der Waals surface area contributed by atoms with Gasteiger partial charge in [0.25, 0.3) is 0 Å². The fraction of sp³-hybridized carbons (Fsp3) is 0.316. The molecule has 1 atom stereocenters. The van der Waals surface area contributed by atoms with Gasteiger partial charge in [0.1, 0.15) is 17.5 Å². The van der Waals surface area contributed by atoms with Gasteiger partial charge in [0.05, 0.1) is 31.2 Å². The quantitative estimate of drug-likeness (QED) is 0.360. The molecule has 8 nitrogen and oxygen atoms in total. The Balaban J connectivity index is 1.62. The molecule has 0 bridgehead atoms. The highest BCUT2D eigenvalue weighted by molar-refractivity contribution is 5.52. The molecule has 3 rings (SSSR count). The molecule has 12 heteroatoms. The SMILES string of the molecule is C[C@H](CO)NCCn1cc(Nc2ncc(F)c(NCc3c(F)cc(F)cc3F)n2)cn1. The summed E-state index contributed by atoms with van der Waals surface area (Å²) in [5.74, 6) is -4.29. The summed E-state index contributed by atoms with van der Waals surface area (Å²) >= 11 is 0. The lowest BCUT2D eigenvalue weighted by atomic mass is 10.2. The molecule has 0 saturated carbocycles. The van der Waals surface area contributed by atoms with Crippen molar-refractivity contribution >= 4 is 17.5 Å². The predicted octanol–water partition coefficient (Wildman–Crippen LogP) is 2.56. The number of hydrogen-bond donors (Lipinski definition) is 4. The van der Waals surface area contributed by atoms with Crippen LogP contribution in [0.15, 0.2) is 30.7 Å². The van der Waals surface area contributed by atoms with Crippen molar-refractivity contribution in [3.63, 3.8) is 0 Å². The van der Waals surface area contributed by atoms with Crippen LogP contribution in [0.1, 0.15) is 12.5 Å². The van der Waals surface area contributed by atoms with Crippen LogP contribution in [0.3, 0.4) is 0 Å². The highest BCUT2D eigenvalue weighted by atomic mass is 19.1. The van der Waals surface area contributed by atoms with E-state index in [1.807, 2.05) is 6.92 Å². The van der Waals surface area contributed by atoms with Crippen LogP contribution >= 0.6 is 0 Å². The summed E-state index contributed by atoms with van der Waals surface area (Å²) in [6, 6.07) is 1.06. The van der Waals surface area contributed by atoms with Crippen molar-refractivity contribution in [2.24, 2.45) is 0 Å². The average Bonchev–Trinajstić information content (AvgIpc) is 3.16. The fourth-order valence-corrected chi connectivity index (χ4v) is 2.63. The van der Waals surface area contributed by atoms with Gasteiger partial charge in [-0.3, -0.25) is 4.68 Å². The number of nitrogens with zero attached hydrogens (tertiary/aromatic N) is 4. The summed E-state index contributed by atoms with van der Waals surface area (Å²) in [4.78, 5) is 7.79. The number of benzene rings is 1. The van der Waals surface area contributed by atoms with E-state index >= 15 is 0 Å². The zero-order chi connectivity index (χ0) is 22.4. The van der Waals surface area contributed by atoms with Crippen molar-refractivity contribution in [2.75, 3.05) is 23.8 Å². The van der Waals surface area contributed by atoms with Crippen molar-refractivity contribution in [1.82, 2.24) is 25.1 Å². The van der Waals surface area contributed by atoms with Crippen molar-refractivity contribution in [3.05, 3.63) is 59.6 Å². The number of aromatic nitrogens is 4. The molecule has 31 heavy (non-hydrogen) atoms. The number of aliphatic hydroxyl groups excluding tert-OH is 1. The maximum atomic E-state index is 14.0. The number of nitrogens with one attached hydrogen (secondary N) is 3. The second kappa shape index (κ2) is 10.2. The number of hydrogen-bond acceptors (Lipinski definition) is 7. The Bertz CT molecular complexity index is 1010. The highest BCUT2D eigenvalue weighted by Crippen LogP contribution is 2.19. The van der Waals surface area contributed by atoms with E-state index < -0.39 is 35.4 Å². The minimum Gasteiger partial charge on any atom is -0.395 e. The zero-order valence-electron chi connectivity index (χ0n) is 16.5. The third kappa shape index (κ3) is 6.12. The number of halogens is 4. The fourth-order valence-electron chi connectivity index (χ4n) is 2.63. The van der Waals surface area contributed by atoms with Crippen LogP contribution < -0.4 is 16.0 Å². The maximum absolute atomic E-state index is 14.0. The lowest BCUT2D eigenvalue weighted by molar-refractivity contribution is 0.250. The summed E-state index contributed by atoms with van der Waals surface area (Å²) in [5.41, 5.74) is 0.0997. The molecule has 166 valence electrons. The molecule has 0 unspecified atom stereocenters. The van der Waals surface area contributed by atoms with Crippen LogP contribution in [0.4, 0.5) is 35.0 Å². The van der Waals surface area contributed by atoms with Gasteiger partial charge in [0.15, 0.2) is 11.6 Å². The first kappa shape index (κ1) is 22.4.